The largest absolute Gasteiger partial charge is 0.480 e. The molecular formula is C21H34N2O12. The molecule has 0 spiro atoms. The lowest BCUT2D eigenvalue weighted by Gasteiger charge is -2.19. The lowest BCUT2D eigenvalue weighted by molar-refractivity contribution is -0.149. The molecule has 200 valence electrons. The Morgan fingerprint density at radius 3 is 2.09 bits per heavy atom. The third-order valence-electron chi connectivity index (χ3n) is 3.92. The van der Waals surface area contributed by atoms with Crippen molar-refractivity contribution < 1.29 is 57.6 Å². The van der Waals surface area contributed by atoms with Crippen LogP contribution in [0.15, 0.2) is 0 Å². The van der Waals surface area contributed by atoms with Gasteiger partial charge in [-0.05, 0) is 13.3 Å². The molecule has 14 heteroatoms. The minimum atomic E-state index is -1.30. The van der Waals surface area contributed by atoms with Crippen molar-refractivity contribution in [3.63, 3.8) is 0 Å². The van der Waals surface area contributed by atoms with Crippen LogP contribution in [0.4, 0.5) is 0 Å². The fourth-order valence-corrected chi connectivity index (χ4v) is 2.39. The van der Waals surface area contributed by atoms with E-state index in [1.165, 1.54) is 6.92 Å². The van der Waals surface area contributed by atoms with Gasteiger partial charge in [0.15, 0.2) is 18.2 Å². The monoisotopic (exact) mass is 506 g/mol. The SMILES string of the molecule is CC(=O)COCCOCCNC(=O)COCCOCCCC(=O)CN(CC(=O)O)C(=O)COC=O. The van der Waals surface area contributed by atoms with Crippen molar-refractivity contribution >= 4 is 35.8 Å². The summed E-state index contributed by atoms with van der Waals surface area (Å²) in [5.74, 6) is -2.82. The number of carbonyl (C=O) groups excluding carboxylic acids is 5. The Hall–Kier alpha value is -2.94. The summed E-state index contributed by atoms with van der Waals surface area (Å²) in [6.07, 6.45) is 0.408. The molecule has 0 bridgehead atoms. The van der Waals surface area contributed by atoms with E-state index in [0.717, 1.165) is 4.90 Å². The molecule has 0 aromatic rings. The molecule has 2 N–H and O–H groups in total. The molecule has 0 aromatic carbocycles. The summed E-state index contributed by atoms with van der Waals surface area (Å²) in [6.45, 7) is 1.48. The average Bonchev–Trinajstić information content (AvgIpc) is 2.79. The Balaban J connectivity index is 3.70. The maximum Gasteiger partial charge on any atom is 0.323 e. The molecule has 0 unspecified atom stereocenters. The quantitative estimate of drug-likeness (QED) is 0.111. The van der Waals surface area contributed by atoms with E-state index in [4.69, 9.17) is 24.1 Å². The van der Waals surface area contributed by atoms with Gasteiger partial charge in [0.1, 0.15) is 19.8 Å². The first-order valence-electron chi connectivity index (χ1n) is 10.9. The Bertz CT molecular complexity index is 671. The topological polar surface area (TPSA) is 184 Å². The molecule has 0 saturated carbocycles. The molecular weight excluding hydrogens is 472 g/mol. The molecule has 2 amide bonds. The lowest BCUT2D eigenvalue weighted by atomic mass is 10.2. The number of carboxylic acid groups (broad SMARTS) is 1. The Morgan fingerprint density at radius 2 is 1.46 bits per heavy atom. The minimum absolute atomic E-state index is 0.0508. The van der Waals surface area contributed by atoms with Crippen LogP contribution < -0.4 is 5.32 Å². The molecule has 0 aliphatic rings. The zero-order valence-corrected chi connectivity index (χ0v) is 19.9. The van der Waals surface area contributed by atoms with Gasteiger partial charge in [0.05, 0.1) is 39.6 Å². The number of carboxylic acids is 1. The molecule has 0 saturated heterocycles. The molecule has 0 radical (unpaired) electrons. The van der Waals surface area contributed by atoms with Crippen molar-refractivity contribution in [1.82, 2.24) is 10.2 Å². The fraction of sp³-hybridized carbons (Fsp3) is 0.714. The molecule has 0 aliphatic carbocycles. The normalized spacial score (nSPS) is 10.4. The fourth-order valence-electron chi connectivity index (χ4n) is 2.39. The van der Waals surface area contributed by atoms with Crippen molar-refractivity contribution in [1.29, 1.82) is 0 Å². The Kier molecular flexibility index (Phi) is 19.8. The highest BCUT2D eigenvalue weighted by Crippen LogP contribution is 1.98. The standard InChI is InChI=1S/C21H34N2O12/c1-17(25)13-33-9-8-32-6-4-22-19(27)14-34-10-7-31-5-2-3-18(26)11-23(12-21(29)30)20(28)15-35-16-24/h16H,2-15H2,1H3,(H,22,27)(H,29,30). The van der Waals surface area contributed by atoms with Crippen LogP contribution >= 0.6 is 0 Å². The van der Waals surface area contributed by atoms with E-state index in [9.17, 15) is 28.8 Å². The van der Waals surface area contributed by atoms with Gasteiger partial charge in [0.25, 0.3) is 12.4 Å². The van der Waals surface area contributed by atoms with Crippen LogP contribution in [0, 0.1) is 0 Å². The number of nitrogens with zero attached hydrogens (tertiary/aromatic N) is 1. The van der Waals surface area contributed by atoms with E-state index < -0.39 is 31.6 Å². The molecule has 0 aromatic heterocycles. The zero-order chi connectivity index (χ0) is 26.3. The first kappa shape index (κ1) is 32.1. The van der Waals surface area contributed by atoms with Crippen LogP contribution in [0.2, 0.25) is 0 Å². The summed E-state index contributed by atoms with van der Waals surface area (Å²) < 4.78 is 25.0. The molecule has 0 atom stereocenters. The maximum atomic E-state index is 12.0. The van der Waals surface area contributed by atoms with E-state index in [-0.39, 0.29) is 63.4 Å². The number of carbonyl (C=O) groups is 6. The molecule has 0 heterocycles. The van der Waals surface area contributed by atoms with Crippen molar-refractivity contribution in [3.8, 4) is 0 Å². The number of nitrogens with one attached hydrogen (secondary N) is 1. The van der Waals surface area contributed by atoms with Gasteiger partial charge < -0.3 is 39.0 Å². The summed E-state index contributed by atoms with van der Waals surface area (Å²) in [6, 6.07) is 0. The summed E-state index contributed by atoms with van der Waals surface area (Å²) in [7, 11) is 0. The number of amides is 2. The Morgan fingerprint density at radius 1 is 0.829 bits per heavy atom. The number of hydrogen-bond acceptors (Lipinski definition) is 11. The highest BCUT2D eigenvalue weighted by atomic mass is 16.5. The second-order valence-electron chi connectivity index (χ2n) is 7.07. The van der Waals surface area contributed by atoms with Gasteiger partial charge in [-0.2, -0.15) is 0 Å². The van der Waals surface area contributed by atoms with E-state index in [1.807, 2.05) is 0 Å². The van der Waals surface area contributed by atoms with E-state index >= 15 is 0 Å². The minimum Gasteiger partial charge on any atom is -0.480 e. The summed E-state index contributed by atoms with van der Waals surface area (Å²) in [5.41, 5.74) is 0. The number of ether oxygens (including phenoxy) is 5. The molecule has 14 nitrogen and oxygen atoms in total. The number of rotatable bonds is 24. The van der Waals surface area contributed by atoms with Crippen LogP contribution in [0.25, 0.3) is 0 Å². The molecule has 0 rings (SSSR count). The summed E-state index contributed by atoms with van der Waals surface area (Å²) in [5, 5.41) is 11.4. The lowest BCUT2D eigenvalue weighted by Crippen LogP contribution is -2.41. The van der Waals surface area contributed by atoms with Crippen LogP contribution in [-0.2, 0) is 52.5 Å². The van der Waals surface area contributed by atoms with Crippen molar-refractivity contribution in [2.24, 2.45) is 0 Å². The van der Waals surface area contributed by atoms with Crippen LogP contribution in [-0.4, -0.2) is 125 Å². The predicted molar refractivity (Wildman–Crippen MR) is 117 cm³/mol. The number of hydrogen-bond donors (Lipinski definition) is 2. The average molecular weight is 507 g/mol. The zero-order valence-electron chi connectivity index (χ0n) is 19.9. The molecule has 35 heavy (non-hydrogen) atoms. The first-order chi connectivity index (χ1) is 16.8. The third-order valence-corrected chi connectivity index (χ3v) is 3.92. The van der Waals surface area contributed by atoms with Gasteiger partial charge in [-0.1, -0.05) is 0 Å². The molecule has 0 fully saturated rings. The van der Waals surface area contributed by atoms with Gasteiger partial charge in [-0.25, -0.2) is 0 Å². The Labute approximate surface area is 203 Å². The van der Waals surface area contributed by atoms with Gasteiger partial charge in [-0.15, -0.1) is 0 Å². The maximum absolute atomic E-state index is 12.0. The summed E-state index contributed by atoms with van der Waals surface area (Å²) >= 11 is 0. The second kappa shape index (κ2) is 21.6. The van der Waals surface area contributed by atoms with E-state index in [0.29, 0.717) is 32.8 Å². The number of Topliss-reactive ketones (excluding diaryl/α,β-unsaturated/α-hetero) is 2. The van der Waals surface area contributed by atoms with Gasteiger partial charge >= 0.3 is 5.97 Å². The first-order valence-corrected chi connectivity index (χ1v) is 10.9. The van der Waals surface area contributed by atoms with Crippen molar-refractivity contribution in [2.45, 2.75) is 19.8 Å². The number of aliphatic carboxylic acids is 1. The van der Waals surface area contributed by atoms with Crippen LogP contribution in [0.3, 0.4) is 0 Å². The van der Waals surface area contributed by atoms with Crippen LogP contribution in [0.5, 0.6) is 0 Å². The smallest absolute Gasteiger partial charge is 0.323 e. The second-order valence-corrected chi connectivity index (χ2v) is 7.07. The van der Waals surface area contributed by atoms with Crippen LogP contribution in [0.1, 0.15) is 19.8 Å². The number of ketones is 2. The van der Waals surface area contributed by atoms with Gasteiger partial charge in [-0.3, -0.25) is 28.8 Å². The predicted octanol–water partition coefficient (Wildman–Crippen LogP) is -1.81. The van der Waals surface area contributed by atoms with Crippen molar-refractivity contribution in [2.75, 3.05) is 79.1 Å². The third kappa shape index (κ3) is 21.3. The van der Waals surface area contributed by atoms with Gasteiger partial charge in [0.2, 0.25) is 5.91 Å². The highest BCUT2D eigenvalue weighted by Gasteiger charge is 2.20. The molecule has 0 aliphatic heterocycles. The van der Waals surface area contributed by atoms with E-state index in [1.54, 1.807) is 0 Å². The highest BCUT2D eigenvalue weighted by molar-refractivity contribution is 5.89. The summed E-state index contributed by atoms with van der Waals surface area (Å²) in [4.78, 5) is 67.8. The van der Waals surface area contributed by atoms with E-state index in [2.05, 4.69) is 10.1 Å². The van der Waals surface area contributed by atoms with Crippen molar-refractivity contribution in [3.05, 3.63) is 0 Å². The van der Waals surface area contributed by atoms with Gasteiger partial charge in [0, 0.05) is 19.6 Å².